The fourth-order valence-electron chi connectivity index (χ4n) is 3.29. The first-order valence-electron chi connectivity index (χ1n) is 9.31. The highest BCUT2D eigenvalue weighted by molar-refractivity contribution is 5.30. The van der Waals surface area contributed by atoms with Crippen molar-refractivity contribution in [3.63, 3.8) is 0 Å². The topological polar surface area (TPSA) is 199 Å². The molecule has 2 heterocycles. The predicted molar refractivity (Wildman–Crippen MR) is 95.1 cm³/mol. The summed E-state index contributed by atoms with van der Waals surface area (Å²) in [5.41, 5.74) is 0. The van der Waals surface area contributed by atoms with Crippen molar-refractivity contribution >= 4 is 0 Å². The van der Waals surface area contributed by atoms with Gasteiger partial charge in [-0.05, 0) is 24.3 Å². The van der Waals surface area contributed by atoms with Crippen molar-refractivity contribution in [1.29, 1.82) is 0 Å². The Kier molecular flexibility index (Phi) is 7.47. The van der Waals surface area contributed by atoms with E-state index in [2.05, 4.69) is 0 Å². The fraction of sp³-hybridized carbons (Fsp3) is 0.667. The van der Waals surface area contributed by atoms with Gasteiger partial charge < -0.3 is 59.8 Å². The van der Waals surface area contributed by atoms with E-state index in [1.54, 1.807) is 0 Å². The van der Waals surface area contributed by atoms with E-state index in [-0.39, 0.29) is 11.5 Å². The monoisotopic (exact) mass is 434 g/mol. The number of rotatable bonds is 6. The molecule has 0 saturated carbocycles. The number of benzene rings is 1. The van der Waals surface area contributed by atoms with Crippen molar-refractivity contribution in [2.45, 2.75) is 61.4 Å². The normalized spacial score (nSPS) is 42.1. The molecule has 12 nitrogen and oxygen atoms in total. The SMILES string of the molecule is OCC1OC(OC2C(Oc3ccc(O)cc3)OC(CO)C(O)C2O)C(O)C(O)C1O. The molecular weight excluding hydrogens is 408 g/mol. The molecule has 8 N–H and O–H groups in total. The summed E-state index contributed by atoms with van der Waals surface area (Å²) in [6.45, 7) is -1.32. The minimum Gasteiger partial charge on any atom is -0.508 e. The van der Waals surface area contributed by atoms with Gasteiger partial charge in [0, 0.05) is 0 Å². The van der Waals surface area contributed by atoms with Gasteiger partial charge in [0.05, 0.1) is 13.2 Å². The average molecular weight is 434 g/mol. The van der Waals surface area contributed by atoms with Crippen LogP contribution in [0, 0.1) is 0 Å². The highest BCUT2D eigenvalue weighted by Crippen LogP contribution is 2.30. The zero-order valence-corrected chi connectivity index (χ0v) is 15.7. The second-order valence-electron chi connectivity index (χ2n) is 7.12. The maximum atomic E-state index is 10.5. The van der Waals surface area contributed by atoms with Crippen LogP contribution in [0.2, 0.25) is 0 Å². The molecule has 2 aliphatic rings. The molecule has 10 unspecified atom stereocenters. The highest BCUT2D eigenvalue weighted by atomic mass is 16.8. The van der Waals surface area contributed by atoms with Gasteiger partial charge in [-0.15, -0.1) is 0 Å². The molecule has 0 radical (unpaired) electrons. The second kappa shape index (κ2) is 9.70. The first-order chi connectivity index (χ1) is 14.3. The first kappa shape index (κ1) is 23.1. The van der Waals surface area contributed by atoms with E-state index < -0.39 is 74.6 Å². The molecule has 0 bridgehead atoms. The van der Waals surface area contributed by atoms with Crippen molar-refractivity contribution in [2.75, 3.05) is 13.2 Å². The third-order valence-electron chi connectivity index (χ3n) is 5.05. The zero-order valence-electron chi connectivity index (χ0n) is 15.7. The quantitative estimate of drug-likeness (QED) is 0.219. The summed E-state index contributed by atoms with van der Waals surface area (Å²) in [6, 6.07) is 5.46. The Morgan fingerprint density at radius 3 is 1.80 bits per heavy atom. The lowest BCUT2D eigenvalue weighted by Crippen LogP contribution is -2.65. The molecule has 170 valence electrons. The summed E-state index contributed by atoms with van der Waals surface area (Å²) < 4.78 is 21.9. The maximum Gasteiger partial charge on any atom is 0.229 e. The van der Waals surface area contributed by atoms with Crippen molar-refractivity contribution in [2.24, 2.45) is 0 Å². The fourth-order valence-corrected chi connectivity index (χ4v) is 3.29. The van der Waals surface area contributed by atoms with Gasteiger partial charge in [0.2, 0.25) is 6.29 Å². The molecule has 30 heavy (non-hydrogen) atoms. The number of ether oxygens (including phenoxy) is 4. The van der Waals surface area contributed by atoms with Crippen molar-refractivity contribution in [3.05, 3.63) is 24.3 Å². The van der Waals surface area contributed by atoms with E-state index >= 15 is 0 Å². The Balaban J connectivity index is 1.81. The Hall–Kier alpha value is -1.58. The number of hydrogen-bond donors (Lipinski definition) is 8. The number of hydrogen-bond acceptors (Lipinski definition) is 12. The summed E-state index contributed by atoms with van der Waals surface area (Å²) in [4.78, 5) is 0. The van der Waals surface area contributed by atoms with Gasteiger partial charge >= 0.3 is 0 Å². The molecule has 0 aliphatic carbocycles. The number of aliphatic hydroxyl groups excluding tert-OH is 7. The third-order valence-corrected chi connectivity index (χ3v) is 5.05. The minimum atomic E-state index is -1.75. The summed E-state index contributed by atoms with van der Waals surface area (Å²) >= 11 is 0. The molecule has 10 atom stereocenters. The smallest absolute Gasteiger partial charge is 0.229 e. The molecule has 0 aromatic heterocycles. The van der Waals surface area contributed by atoms with Crippen LogP contribution in [0.15, 0.2) is 24.3 Å². The lowest BCUT2D eigenvalue weighted by molar-refractivity contribution is -0.357. The Morgan fingerprint density at radius 1 is 0.700 bits per heavy atom. The van der Waals surface area contributed by atoms with Gasteiger partial charge in [-0.1, -0.05) is 0 Å². The molecule has 2 aliphatic heterocycles. The second-order valence-corrected chi connectivity index (χ2v) is 7.12. The van der Waals surface area contributed by atoms with Crippen LogP contribution in [-0.2, 0) is 14.2 Å². The molecule has 2 fully saturated rings. The maximum absolute atomic E-state index is 10.5. The van der Waals surface area contributed by atoms with E-state index in [9.17, 15) is 40.9 Å². The Morgan fingerprint density at radius 2 is 1.23 bits per heavy atom. The van der Waals surface area contributed by atoms with E-state index in [1.165, 1.54) is 24.3 Å². The van der Waals surface area contributed by atoms with Crippen molar-refractivity contribution < 1.29 is 59.8 Å². The van der Waals surface area contributed by atoms with E-state index in [1.807, 2.05) is 0 Å². The molecule has 1 aromatic carbocycles. The summed E-state index contributed by atoms with van der Waals surface area (Å²) in [5, 5.41) is 78.7. The molecule has 2 saturated heterocycles. The minimum absolute atomic E-state index is 0.0234. The zero-order chi connectivity index (χ0) is 22.0. The number of phenols is 1. The Bertz CT molecular complexity index is 670. The summed E-state index contributed by atoms with van der Waals surface area (Å²) in [5.74, 6) is 0.171. The van der Waals surface area contributed by atoms with Crippen LogP contribution >= 0.6 is 0 Å². The van der Waals surface area contributed by atoms with Gasteiger partial charge in [-0.2, -0.15) is 0 Å². The van der Waals surface area contributed by atoms with Crippen LogP contribution in [0.25, 0.3) is 0 Å². The number of aliphatic hydroxyl groups is 7. The van der Waals surface area contributed by atoms with E-state index in [0.717, 1.165) is 0 Å². The summed E-state index contributed by atoms with van der Waals surface area (Å²) in [6.07, 6.45) is -15.3. The highest BCUT2D eigenvalue weighted by Gasteiger charge is 2.51. The lowest BCUT2D eigenvalue weighted by atomic mass is 9.97. The van der Waals surface area contributed by atoms with Crippen LogP contribution in [0.4, 0.5) is 0 Å². The lowest BCUT2D eigenvalue weighted by Gasteiger charge is -2.45. The molecule has 3 rings (SSSR count). The van der Waals surface area contributed by atoms with Crippen LogP contribution in [0.5, 0.6) is 11.5 Å². The van der Waals surface area contributed by atoms with Crippen LogP contribution in [0.1, 0.15) is 0 Å². The van der Waals surface area contributed by atoms with E-state index in [0.29, 0.717) is 0 Å². The standard InChI is InChI=1S/C18H26O12/c19-5-9-11(22)13(24)15(26)17(28-9)30-16-14(25)12(23)10(6-20)29-18(16)27-8-3-1-7(21)2-4-8/h1-4,9-26H,5-6H2. The number of aromatic hydroxyl groups is 1. The third kappa shape index (κ3) is 4.68. The van der Waals surface area contributed by atoms with Gasteiger partial charge in [0.15, 0.2) is 12.4 Å². The van der Waals surface area contributed by atoms with E-state index in [4.69, 9.17) is 18.9 Å². The largest absolute Gasteiger partial charge is 0.508 e. The van der Waals surface area contributed by atoms with Crippen molar-refractivity contribution in [1.82, 2.24) is 0 Å². The molecular formula is C18H26O12. The summed E-state index contributed by atoms with van der Waals surface area (Å²) in [7, 11) is 0. The molecule has 12 heteroatoms. The van der Waals surface area contributed by atoms with Gasteiger partial charge in [0.1, 0.15) is 54.2 Å². The van der Waals surface area contributed by atoms with Crippen LogP contribution in [-0.4, -0.2) is 115 Å². The van der Waals surface area contributed by atoms with Gasteiger partial charge in [0.25, 0.3) is 0 Å². The Labute approximate surface area is 171 Å². The molecule has 0 spiro atoms. The van der Waals surface area contributed by atoms with Gasteiger partial charge in [-0.3, -0.25) is 0 Å². The van der Waals surface area contributed by atoms with Crippen LogP contribution in [0.3, 0.4) is 0 Å². The van der Waals surface area contributed by atoms with Crippen LogP contribution < -0.4 is 4.74 Å². The van der Waals surface area contributed by atoms with Crippen molar-refractivity contribution in [3.8, 4) is 11.5 Å². The molecule has 0 amide bonds. The first-order valence-corrected chi connectivity index (χ1v) is 9.31. The average Bonchev–Trinajstić information content (AvgIpc) is 2.74. The predicted octanol–water partition coefficient (Wildman–Crippen LogP) is -3.60. The van der Waals surface area contributed by atoms with Gasteiger partial charge in [-0.25, -0.2) is 0 Å². The molecule has 1 aromatic rings. The number of phenolic OH excluding ortho intramolecular Hbond substituents is 1.